The lowest BCUT2D eigenvalue weighted by molar-refractivity contribution is -0.130. The van der Waals surface area contributed by atoms with Gasteiger partial charge in [0.2, 0.25) is 11.8 Å². The summed E-state index contributed by atoms with van der Waals surface area (Å²) in [4.78, 5) is 26.2. The number of benzene rings is 1. The summed E-state index contributed by atoms with van der Waals surface area (Å²) >= 11 is 0. The molecule has 0 bridgehead atoms. The maximum Gasteiger partial charge on any atom is 0.242 e. The van der Waals surface area contributed by atoms with Gasteiger partial charge in [-0.3, -0.25) is 9.59 Å². The van der Waals surface area contributed by atoms with Crippen LogP contribution >= 0.6 is 0 Å². The fourth-order valence-electron chi connectivity index (χ4n) is 1.88. The van der Waals surface area contributed by atoms with Gasteiger partial charge in [0, 0.05) is 26.1 Å². The number of hydrogen-bond acceptors (Lipinski definition) is 2. The number of nitrogens with zero attached hydrogens (tertiary/aromatic N) is 2. The molecule has 0 aromatic heterocycles. The second-order valence-corrected chi connectivity index (χ2v) is 4.27. The first kappa shape index (κ1) is 16.1. The Bertz CT molecular complexity index is 502. The zero-order chi connectivity index (χ0) is 15.3. The van der Waals surface area contributed by atoms with Crippen molar-refractivity contribution in [3.8, 4) is 0 Å². The summed E-state index contributed by atoms with van der Waals surface area (Å²) in [5.74, 6) is -2.36. The highest BCUT2D eigenvalue weighted by molar-refractivity contribution is 5.97. The predicted octanol–water partition coefficient (Wildman–Crippen LogP) is 2.19. The van der Waals surface area contributed by atoms with Crippen molar-refractivity contribution in [1.29, 1.82) is 0 Å². The van der Waals surface area contributed by atoms with Crippen molar-refractivity contribution in [2.45, 2.75) is 20.8 Å². The van der Waals surface area contributed by atoms with Crippen LogP contribution in [0.5, 0.6) is 0 Å². The standard InChI is InChI=1S/C14H18F2N2O2/c1-4-17(5-2)14(20)9-18(10(3)19)13-7-6-11(15)8-12(13)16/h6-8H,4-5,9H2,1-3H3. The lowest BCUT2D eigenvalue weighted by Crippen LogP contribution is -2.42. The molecule has 0 aliphatic rings. The summed E-state index contributed by atoms with van der Waals surface area (Å²) in [6.45, 7) is 5.62. The van der Waals surface area contributed by atoms with Crippen LogP contribution in [0.25, 0.3) is 0 Å². The van der Waals surface area contributed by atoms with Crippen molar-refractivity contribution >= 4 is 17.5 Å². The molecule has 4 nitrogen and oxygen atoms in total. The minimum atomic E-state index is -0.868. The van der Waals surface area contributed by atoms with Gasteiger partial charge in [-0.1, -0.05) is 0 Å². The van der Waals surface area contributed by atoms with Crippen LogP contribution in [-0.4, -0.2) is 36.3 Å². The van der Waals surface area contributed by atoms with Crippen LogP contribution in [0.1, 0.15) is 20.8 Å². The molecule has 0 atom stereocenters. The molecule has 1 rings (SSSR count). The van der Waals surface area contributed by atoms with Crippen molar-refractivity contribution < 1.29 is 18.4 Å². The topological polar surface area (TPSA) is 40.6 Å². The van der Waals surface area contributed by atoms with E-state index in [2.05, 4.69) is 0 Å². The molecule has 20 heavy (non-hydrogen) atoms. The van der Waals surface area contributed by atoms with Crippen molar-refractivity contribution in [2.75, 3.05) is 24.5 Å². The fraction of sp³-hybridized carbons (Fsp3) is 0.429. The molecule has 2 amide bonds. The molecular formula is C14H18F2N2O2. The largest absolute Gasteiger partial charge is 0.342 e. The van der Waals surface area contributed by atoms with Gasteiger partial charge >= 0.3 is 0 Å². The van der Waals surface area contributed by atoms with Crippen molar-refractivity contribution in [3.63, 3.8) is 0 Å². The molecule has 1 aromatic rings. The van der Waals surface area contributed by atoms with Crippen LogP contribution in [-0.2, 0) is 9.59 Å². The third kappa shape index (κ3) is 3.76. The first-order valence-corrected chi connectivity index (χ1v) is 6.41. The number of halogens is 2. The van der Waals surface area contributed by atoms with Gasteiger partial charge in [0.25, 0.3) is 0 Å². The zero-order valence-electron chi connectivity index (χ0n) is 11.8. The molecule has 6 heteroatoms. The highest BCUT2D eigenvalue weighted by atomic mass is 19.1. The predicted molar refractivity (Wildman–Crippen MR) is 72.3 cm³/mol. The molecule has 0 unspecified atom stereocenters. The Kier molecular flexibility index (Phi) is 5.61. The Labute approximate surface area is 117 Å². The van der Waals surface area contributed by atoms with Crippen LogP contribution in [0.15, 0.2) is 18.2 Å². The second-order valence-electron chi connectivity index (χ2n) is 4.27. The van der Waals surface area contributed by atoms with Crippen LogP contribution in [0.3, 0.4) is 0 Å². The van der Waals surface area contributed by atoms with Crippen LogP contribution in [0.4, 0.5) is 14.5 Å². The molecule has 0 N–H and O–H groups in total. The molecule has 110 valence electrons. The molecule has 0 aliphatic heterocycles. The van der Waals surface area contributed by atoms with E-state index in [4.69, 9.17) is 0 Å². The Balaban J connectivity index is 3.01. The summed E-state index contributed by atoms with van der Waals surface area (Å²) in [6.07, 6.45) is 0. The SMILES string of the molecule is CCN(CC)C(=O)CN(C(C)=O)c1ccc(F)cc1F. The van der Waals surface area contributed by atoms with Crippen LogP contribution < -0.4 is 4.90 Å². The monoisotopic (exact) mass is 284 g/mol. The molecule has 0 heterocycles. The van der Waals surface area contributed by atoms with E-state index in [0.29, 0.717) is 19.2 Å². The van der Waals surface area contributed by atoms with E-state index in [1.165, 1.54) is 11.8 Å². The summed E-state index contributed by atoms with van der Waals surface area (Å²) < 4.78 is 26.6. The summed E-state index contributed by atoms with van der Waals surface area (Å²) in [5, 5.41) is 0. The van der Waals surface area contributed by atoms with E-state index >= 15 is 0 Å². The second kappa shape index (κ2) is 6.98. The summed E-state index contributed by atoms with van der Waals surface area (Å²) in [5.41, 5.74) is -0.0978. The van der Waals surface area contributed by atoms with E-state index in [1.54, 1.807) is 0 Å². The maximum absolute atomic E-state index is 13.7. The fourth-order valence-corrected chi connectivity index (χ4v) is 1.88. The first-order chi connectivity index (χ1) is 9.40. The van der Waals surface area contributed by atoms with Crippen molar-refractivity contribution in [2.24, 2.45) is 0 Å². The van der Waals surface area contributed by atoms with Gasteiger partial charge in [-0.15, -0.1) is 0 Å². The van der Waals surface area contributed by atoms with Gasteiger partial charge in [0.15, 0.2) is 0 Å². The highest BCUT2D eigenvalue weighted by Gasteiger charge is 2.21. The van der Waals surface area contributed by atoms with Gasteiger partial charge in [0.05, 0.1) is 5.69 Å². The third-order valence-electron chi connectivity index (χ3n) is 2.99. The first-order valence-electron chi connectivity index (χ1n) is 6.41. The molecule has 0 fully saturated rings. The van der Waals surface area contributed by atoms with Gasteiger partial charge in [-0.2, -0.15) is 0 Å². The lowest BCUT2D eigenvalue weighted by Gasteiger charge is -2.25. The molecule has 0 spiro atoms. The maximum atomic E-state index is 13.7. The molecular weight excluding hydrogens is 266 g/mol. The van der Waals surface area contributed by atoms with E-state index in [9.17, 15) is 18.4 Å². The average molecular weight is 284 g/mol. The Hall–Kier alpha value is -1.98. The molecule has 0 saturated carbocycles. The number of anilines is 1. The van der Waals surface area contributed by atoms with Crippen molar-refractivity contribution in [1.82, 2.24) is 4.90 Å². The highest BCUT2D eigenvalue weighted by Crippen LogP contribution is 2.20. The van der Waals surface area contributed by atoms with E-state index in [0.717, 1.165) is 17.0 Å². The number of carbonyl (C=O) groups excluding carboxylic acids is 2. The van der Waals surface area contributed by atoms with E-state index in [-0.39, 0.29) is 18.1 Å². The number of rotatable bonds is 5. The molecule has 0 aliphatic carbocycles. The normalized spacial score (nSPS) is 10.2. The quantitative estimate of drug-likeness (QED) is 0.831. The molecule has 1 aromatic carbocycles. The molecule has 0 saturated heterocycles. The number of amides is 2. The average Bonchev–Trinajstić information content (AvgIpc) is 2.38. The third-order valence-corrected chi connectivity index (χ3v) is 2.99. The summed E-state index contributed by atoms with van der Waals surface area (Å²) in [7, 11) is 0. The minimum absolute atomic E-state index is 0.0978. The van der Waals surface area contributed by atoms with Gasteiger partial charge < -0.3 is 9.80 Å². The van der Waals surface area contributed by atoms with E-state index < -0.39 is 17.5 Å². The Morgan fingerprint density at radius 1 is 1.15 bits per heavy atom. The lowest BCUT2D eigenvalue weighted by atomic mass is 10.2. The Morgan fingerprint density at radius 2 is 1.75 bits per heavy atom. The number of likely N-dealkylation sites (N-methyl/N-ethyl adjacent to an activating group) is 1. The van der Waals surface area contributed by atoms with Crippen LogP contribution in [0, 0.1) is 11.6 Å². The van der Waals surface area contributed by atoms with E-state index in [1.807, 2.05) is 13.8 Å². The van der Waals surface area contributed by atoms with Gasteiger partial charge in [-0.05, 0) is 26.0 Å². The number of carbonyl (C=O) groups is 2. The molecule has 0 radical (unpaired) electrons. The Morgan fingerprint density at radius 3 is 2.20 bits per heavy atom. The van der Waals surface area contributed by atoms with Gasteiger partial charge in [0.1, 0.15) is 18.2 Å². The smallest absolute Gasteiger partial charge is 0.242 e. The van der Waals surface area contributed by atoms with Gasteiger partial charge in [-0.25, -0.2) is 8.78 Å². The zero-order valence-corrected chi connectivity index (χ0v) is 11.8. The van der Waals surface area contributed by atoms with Crippen LogP contribution in [0.2, 0.25) is 0 Å². The minimum Gasteiger partial charge on any atom is -0.342 e. The van der Waals surface area contributed by atoms with Crippen molar-refractivity contribution in [3.05, 3.63) is 29.8 Å². The number of hydrogen-bond donors (Lipinski definition) is 0. The summed E-state index contributed by atoms with van der Waals surface area (Å²) in [6, 6.07) is 2.89.